The highest BCUT2D eigenvalue weighted by molar-refractivity contribution is 9.10. The summed E-state index contributed by atoms with van der Waals surface area (Å²) in [4.78, 5) is 0. The molecule has 2 rings (SSSR count). The zero-order valence-corrected chi connectivity index (χ0v) is 13.9. The van der Waals surface area contributed by atoms with Gasteiger partial charge >= 0.3 is 0 Å². The summed E-state index contributed by atoms with van der Waals surface area (Å²) in [6, 6.07) is 4.26. The minimum absolute atomic E-state index is 0.136. The second kappa shape index (κ2) is 7.32. The predicted molar refractivity (Wildman–Crippen MR) is 85.5 cm³/mol. The topological polar surface area (TPSA) is 44.5 Å². The fraction of sp³-hybridized carbons (Fsp3) is 0.625. The van der Waals surface area contributed by atoms with Crippen molar-refractivity contribution >= 4 is 15.9 Å². The van der Waals surface area contributed by atoms with E-state index in [0.717, 1.165) is 35.2 Å². The highest BCUT2D eigenvalue weighted by atomic mass is 79.9. The summed E-state index contributed by atoms with van der Waals surface area (Å²) in [5, 5.41) is 0. The molecule has 1 unspecified atom stereocenters. The Morgan fingerprint density at radius 3 is 2.60 bits per heavy atom. The Morgan fingerprint density at radius 1 is 1.30 bits per heavy atom. The van der Waals surface area contributed by atoms with Gasteiger partial charge in [-0.3, -0.25) is 0 Å². The third-order valence-corrected chi connectivity index (χ3v) is 4.27. The molecule has 1 fully saturated rings. The van der Waals surface area contributed by atoms with Crippen molar-refractivity contribution in [1.29, 1.82) is 0 Å². The number of hydrogen-bond acceptors (Lipinski definition) is 3. The molecule has 4 heteroatoms. The predicted octanol–water partition coefficient (Wildman–Crippen LogP) is 4.06. The molecule has 0 aromatic heterocycles. The molecule has 1 aliphatic carbocycles. The molecule has 0 amide bonds. The first kappa shape index (κ1) is 15.6. The van der Waals surface area contributed by atoms with Gasteiger partial charge in [-0.1, -0.05) is 6.42 Å². The van der Waals surface area contributed by atoms with E-state index in [1.165, 1.54) is 24.8 Å². The molecule has 0 radical (unpaired) electrons. The zero-order chi connectivity index (χ0) is 14.5. The van der Waals surface area contributed by atoms with Crippen LogP contribution in [0.15, 0.2) is 16.6 Å². The van der Waals surface area contributed by atoms with Gasteiger partial charge in [0.1, 0.15) is 0 Å². The van der Waals surface area contributed by atoms with Crippen molar-refractivity contribution in [2.75, 3.05) is 7.11 Å². The monoisotopic (exact) mass is 341 g/mol. The Labute approximate surface area is 130 Å². The van der Waals surface area contributed by atoms with Crippen molar-refractivity contribution in [3.8, 4) is 11.5 Å². The van der Waals surface area contributed by atoms with Crippen LogP contribution in [0.2, 0.25) is 0 Å². The number of benzene rings is 1. The van der Waals surface area contributed by atoms with Crippen LogP contribution in [-0.4, -0.2) is 19.3 Å². The first-order chi connectivity index (χ1) is 9.60. The molecule has 0 aliphatic heterocycles. The molecule has 2 N–H and O–H groups in total. The maximum atomic E-state index is 6.16. The average Bonchev–Trinajstić information content (AvgIpc) is 2.42. The van der Waals surface area contributed by atoms with E-state index in [1.807, 2.05) is 13.0 Å². The molecule has 1 aromatic carbocycles. The van der Waals surface area contributed by atoms with Gasteiger partial charge in [0.25, 0.3) is 0 Å². The minimum atomic E-state index is 0.136. The summed E-state index contributed by atoms with van der Waals surface area (Å²) in [6.07, 6.45) is 7.26. The standard InChI is InChI=1S/C16H24BrNO2/c1-11(18)8-12-9-14(17)16(15(10-12)19-2)20-13-6-4-3-5-7-13/h9-11,13H,3-8,18H2,1-2H3. The van der Waals surface area contributed by atoms with Crippen LogP contribution < -0.4 is 15.2 Å². The largest absolute Gasteiger partial charge is 0.493 e. The van der Waals surface area contributed by atoms with E-state index in [4.69, 9.17) is 15.2 Å². The maximum Gasteiger partial charge on any atom is 0.175 e. The summed E-state index contributed by atoms with van der Waals surface area (Å²) in [6.45, 7) is 2.01. The van der Waals surface area contributed by atoms with E-state index in [2.05, 4.69) is 22.0 Å². The van der Waals surface area contributed by atoms with Gasteiger partial charge in [0.2, 0.25) is 0 Å². The molecular formula is C16H24BrNO2. The van der Waals surface area contributed by atoms with Crippen molar-refractivity contribution in [1.82, 2.24) is 0 Å². The SMILES string of the molecule is COc1cc(CC(C)N)cc(Br)c1OC1CCCCC1. The summed E-state index contributed by atoms with van der Waals surface area (Å²) >= 11 is 3.61. The second-order valence-electron chi connectivity index (χ2n) is 5.67. The van der Waals surface area contributed by atoms with Crippen LogP contribution in [0.5, 0.6) is 11.5 Å². The number of ether oxygens (including phenoxy) is 2. The Balaban J connectivity index is 2.18. The third-order valence-electron chi connectivity index (χ3n) is 3.68. The fourth-order valence-electron chi connectivity index (χ4n) is 2.73. The zero-order valence-electron chi connectivity index (χ0n) is 12.3. The number of nitrogens with two attached hydrogens (primary N) is 1. The van der Waals surface area contributed by atoms with Gasteiger partial charge in [-0.15, -0.1) is 0 Å². The maximum absolute atomic E-state index is 6.16. The van der Waals surface area contributed by atoms with Crippen LogP contribution in [0.25, 0.3) is 0 Å². The van der Waals surface area contributed by atoms with E-state index in [9.17, 15) is 0 Å². The lowest BCUT2D eigenvalue weighted by molar-refractivity contribution is 0.148. The van der Waals surface area contributed by atoms with E-state index < -0.39 is 0 Å². The first-order valence-corrected chi connectivity index (χ1v) is 8.18. The molecule has 1 atom stereocenters. The Hall–Kier alpha value is -0.740. The van der Waals surface area contributed by atoms with Crippen molar-refractivity contribution < 1.29 is 9.47 Å². The van der Waals surface area contributed by atoms with Gasteiger partial charge in [-0.05, 0) is 72.7 Å². The molecule has 0 bridgehead atoms. The van der Waals surface area contributed by atoms with E-state index in [0.29, 0.717) is 6.10 Å². The minimum Gasteiger partial charge on any atom is -0.493 e. The highest BCUT2D eigenvalue weighted by Gasteiger charge is 2.19. The van der Waals surface area contributed by atoms with E-state index in [-0.39, 0.29) is 6.04 Å². The molecule has 20 heavy (non-hydrogen) atoms. The molecule has 1 aliphatic rings. The molecule has 1 aromatic rings. The van der Waals surface area contributed by atoms with Gasteiger partial charge in [-0.2, -0.15) is 0 Å². The van der Waals surface area contributed by atoms with E-state index in [1.54, 1.807) is 7.11 Å². The summed E-state index contributed by atoms with van der Waals surface area (Å²) < 4.78 is 12.6. The van der Waals surface area contributed by atoms with Gasteiger partial charge in [0.05, 0.1) is 17.7 Å². The van der Waals surface area contributed by atoms with Crippen LogP contribution >= 0.6 is 15.9 Å². The third kappa shape index (κ3) is 4.13. The normalized spacial score (nSPS) is 17.8. The fourth-order valence-corrected chi connectivity index (χ4v) is 3.31. The van der Waals surface area contributed by atoms with Crippen LogP contribution in [-0.2, 0) is 6.42 Å². The van der Waals surface area contributed by atoms with Gasteiger partial charge in [-0.25, -0.2) is 0 Å². The van der Waals surface area contributed by atoms with Gasteiger partial charge in [0, 0.05) is 6.04 Å². The Kier molecular flexibility index (Phi) is 5.73. The number of halogens is 1. The summed E-state index contributed by atoms with van der Waals surface area (Å²) in [7, 11) is 1.69. The lowest BCUT2D eigenvalue weighted by Crippen LogP contribution is -2.20. The van der Waals surface area contributed by atoms with Crippen molar-refractivity contribution in [2.24, 2.45) is 5.73 Å². The Morgan fingerprint density at radius 2 is 2.00 bits per heavy atom. The lowest BCUT2D eigenvalue weighted by atomic mass is 9.98. The Bertz CT molecular complexity index is 442. The van der Waals surface area contributed by atoms with Crippen molar-refractivity contribution in [3.05, 3.63) is 22.2 Å². The van der Waals surface area contributed by atoms with Crippen LogP contribution in [0.1, 0.15) is 44.6 Å². The van der Waals surface area contributed by atoms with Crippen LogP contribution in [0, 0.1) is 0 Å². The van der Waals surface area contributed by atoms with Gasteiger partial charge < -0.3 is 15.2 Å². The summed E-state index contributed by atoms with van der Waals surface area (Å²) in [5.74, 6) is 1.62. The highest BCUT2D eigenvalue weighted by Crippen LogP contribution is 2.39. The second-order valence-corrected chi connectivity index (χ2v) is 6.52. The molecule has 112 valence electrons. The molecule has 0 saturated heterocycles. The van der Waals surface area contributed by atoms with Crippen molar-refractivity contribution in [2.45, 2.75) is 57.6 Å². The smallest absolute Gasteiger partial charge is 0.175 e. The van der Waals surface area contributed by atoms with Crippen LogP contribution in [0.4, 0.5) is 0 Å². The van der Waals surface area contributed by atoms with E-state index >= 15 is 0 Å². The van der Waals surface area contributed by atoms with Crippen LogP contribution in [0.3, 0.4) is 0 Å². The lowest BCUT2D eigenvalue weighted by Gasteiger charge is -2.25. The molecule has 0 spiro atoms. The quantitative estimate of drug-likeness (QED) is 0.878. The first-order valence-electron chi connectivity index (χ1n) is 7.38. The summed E-state index contributed by atoms with van der Waals surface area (Å²) in [5.41, 5.74) is 7.03. The molecule has 0 heterocycles. The number of methoxy groups -OCH3 is 1. The van der Waals surface area contributed by atoms with Crippen molar-refractivity contribution in [3.63, 3.8) is 0 Å². The number of hydrogen-bond donors (Lipinski definition) is 1. The average molecular weight is 342 g/mol. The molecule has 3 nitrogen and oxygen atoms in total. The van der Waals surface area contributed by atoms with Gasteiger partial charge in [0.15, 0.2) is 11.5 Å². The molecular weight excluding hydrogens is 318 g/mol. The number of rotatable bonds is 5. The molecule has 1 saturated carbocycles.